The summed E-state index contributed by atoms with van der Waals surface area (Å²) in [6.45, 7) is 5.14. The molecule has 0 saturated heterocycles. The molecule has 0 bridgehead atoms. The molecule has 0 aromatic heterocycles. The number of hydrogen-bond acceptors (Lipinski definition) is 2. The van der Waals surface area contributed by atoms with Crippen LogP contribution in [-0.2, 0) is 0 Å². The topological polar surface area (TPSA) is 21.3 Å². The van der Waals surface area contributed by atoms with Crippen LogP contribution in [0.2, 0.25) is 5.02 Å². The Morgan fingerprint density at radius 3 is 2.71 bits per heavy atom. The fourth-order valence-corrected chi connectivity index (χ4v) is 2.19. The SMILES string of the molecule is CCCNC(C)c1ccccc1Oc1ccc(Cl)c(F)c1. The highest BCUT2D eigenvalue weighted by molar-refractivity contribution is 6.30. The van der Waals surface area contributed by atoms with E-state index in [0.717, 1.165) is 24.3 Å². The number of halogens is 2. The third kappa shape index (κ3) is 4.19. The summed E-state index contributed by atoms with van der Waals surface area (Å²) in [5, 5.41) is 3.51. The number of para-hydroxylation sites is 1. The van der Waals surface area contributed by atoms with E-state index in [1.165, 1.54) is 12.1 Å². The molecule has 0 aliphatic heterocycles. The van der Waals surface area contributed by atoms with E-state index in [2.05, 4.69) is 19.2 Å². The van der Waals surface area contributed by atoms with Gasteiger partial charge in [0.05, 0.1) is 5.02 Å². The van der Waals surface area contributed by atoms with Gasteiger partial charge in [-0.3, -0.25) is 0 Å². The lowest BCUT2D eigenvalue weighted by Crippen LogP contribution is -2.19. The first-order valence-electron chi connectivity index (χ1n) is 7.07. The second kappa shape index (κ2) is 7.43. The average Bonchev–Trinajstić information content (AvgIpc) is 2.49. The van der Waals surface area contributed by atoms with E-state index < -0.39 is 5.82 Å². The van der Waals surface area contributed by atoms with E-state index in [1.807, 2.05) is 24.3 Å². The minimum Gasteiger partial charge on any atom is -0.457 e. The second-order valence-electron chi connectivity index (χ2n) is 4.89. The van der Waals surface area contributed by atoms with Gasteiger partial charge in [-0.1, -0.05) is 36.7 Å². The van der Waals surface area contributed by atoms with E-state index in [4.69, 9.17) is 16.3 Å². The van der Waals surface area contributed by atoms with Crippen molar-refractivity contribution in [2.24, 2.45) is 0 Å². The highest BCUT2D eigenvalue weighted by Crippen LogP contribution is 2.30. The maximum Gasteiger partial charge on any atom is 0.145 e. The van der Waals surface area contributed by atoms with E-state index in [9.17, 15) is 4.39 Å². The summed E-state index contributed by atoms with van der Waals surface area (Å²) < 4.78 is 19.3. The van der Waals surface area contributed by atoms with Gasteiger partial charge in [-0.05, 0) is 38.1 Å². The molecule has 1 N–H and O–H groups in total. The molecule has 0 saturated carbocycles. The quantitative estimate of drug-likeness (QED) is 0.778. The molecule has 0 spiro atoms. The largest absolute Gasteiger partial charge is 0.457 e. The standard InChI is InChI=1S/C17H19ClFNO/c1-3-10-20-12(2)14-6-4-5-7-17(14)21-13-8-9-15(18)16(19)11-13/h4-9,11-12,20H,3,10H2,1-2H3. The van der Waals surface area contributed by atoms with Crippen LogP contribution >= 0.6 is 11.6 Å². The van der Waals surface area contributed by atoms with Crippen molar-refractivity contribution in [3.8, 4) is 11.5 Å². The molecule has 0 radical (unpaired) electrons. The number of rotatable bonds is 6. The Morgan fingerprint density at radius 2 is 2.00 bits per heavy atom. The molecule has 1 unspecified atom stereocenters. The Balaban J connectivity index is 2.21. The summed E-state index contributed by atoms with van der Waals surface area (Å²) in [6, 6.07) is 12.4. The van der Waals surface area contributed by atoms with Crippen LogP contribution in [0.3, 0.4) is 0 Å². The monoisotopic (exact) mass is 307 g/mol. The van der Waals surface area contributed by atoms with Crippen LogP contribution in [-0.4, -0.2) is 6.54 Å². The third-order valence-electron chi connectivity index (χ3n) is 3.20. The van der Waals surface area contributed by atoms with Crippen molar-refractivity contribution in [2.45, 2.75) is 26.3 Å². The van der Waals surface area contributed by atoms with Crippen molar-refractivity contribution < 1.29 is 9.13 Å². The minimum atomic E-state index is -0.483. The maximum absolute atomic E-state index is 13.5. The highest BCUT2D eigenvalue weighted by atomic mass is 35.5. The predicted octanol–water partition coefficient (Wildman–Crippen LogP) is 5.33. The zero-order chi connectivity index (χ0) is 15.2. The van der Waals surface area contributed by atoms with Crippen molar-refractivity contribution in [3.05, 3.63) is 58.9 Å². The van der Waals surface area contributed by atoms with Gasteiger partial charge in [0.2, 0.25) is 0 Å². The predicted molar refractivity (Wildman–Crippen MR) is 84.6 cm³/mol. The number of benzene rings is 2. The van der Waals surface area contributed by atoms with Gasteiger partial charge in [0, 0.05) is 17.7 Å². The van der Waals surface area contributed by atoms with Crippen molar-refractivity contribution in [1.82, 2.24) is 5.32 Å². The van der Waals surface area contributed by atoms with Crippen molar-refractivity contribution >= 4 is 11.6 Å². The van der Waals surface area contributed by atoms with Crippen molar-refractivity contribution in [3.63, 3.8) is 0 Å². The molecule has 1 atom stereocenters. The highest BCUT2D eigenvalue weighted by Gasteiger charge is 2.12. The Kier molecular flexibility index (Phi) is 5.59. The molecule has 4 heteroatoms. The summed E-state index contributed by atoms with van der Waals surface area (Å²) >= 11 is 5.68. The molecular weight excluding hydrogens is 289 g/mol. The molecule has 2 nitrogen and oxygen atoms in total. The first kappa shape index (κ1) is 15.8. The lowest BCUT2D eigenvalue weighted by Gasteiger charge is -2.18. The molecule has 2 aromatic rings. The van der Waals surface area contributed by atoms with Crippen LogP contribution in [0.15, 0.2) is 42.5 Å². The van der Waals surface area contributed by atoms with E-state index in [0.29, 0.717) is 5.75 Å². The van der Waals surface area contributed by atoms with Crippen LogP contribution in [0.25, 0.3) is 0 Å². The van der Waals surface area contributed by atoms with Gasteiger partial charge in [0.15, 0.2) is 0 Å². The first-order chi connectivity index (χ1) is 10.1. The molecule has 2 aromatic carbocycles. The summed E-state index contributed by atoms with van der Waals surface area (Å²) in [7, 11) is 0. The molecule has 0 amide bonds. The van der Waals surface area contributed by atoms with Gasteiger partial charge < -0.3 is 10.1 Å². The lowest BCUT2D eigenvalue weighted by molar-refractivity contribution is 0.457. The van der Waals surface area contributed by atoms with Gasteiger partial charge in [-0.2, -0.15) is 0 Å². The Labute approximate surface area is 129 Å². The normalized spacial score (nSPS) is 12.2. The number of nitrogens with one attached hydrogen (secondary N) is 1. The van der Waals surface area contributed by atoms with Gasteiger partial charge in [0.1, 0.15) is 17.3 Å². The van der Waals surface area contributed by atoms with Crippen molar-refractivity contribution in [1.29, 1.82) is 0 Å². The van der Waals surface area contributed by atoms with Gasteiger partial charge in [-0.25, -0.2) is 4.39 Å². The second-order valence-corrected chi connectivity index (χ2v) is 5.30. The zero-order valence-electron chi connectivity index (χ0n) is 12.2. The Hall–Kier alpha value is -1.58. The molecule has 21 heavy (non-hydrogen) atoms. The molecule has 112 valence electrons. The van der Waals surface area contributed by atoms with Gasteiger partial charge >= 0.3 is 0 Å². The molecule has 0 fully saturated rings. The molecular formula is C17H19ClFNO. The Morgan fingerprint density at radius 1 is 1.24 bits per heavy atom. The third-order valence-corrected chi connectivity index (χ3v) is 3.51. The smallest absolute Gasteiger partial charge is 0.145 e. The fourth-order valence-electron chi connectivity index (χ4n) is 2.07. The van der Waals surface area contributed by atoms with Crippen molar-refractivity contribution in [2.75, 3.05) is 6.54 Å². The summed E-state index contributed by atoms with van der Waals surface area (Å²) in [6.07, 6.45) is 1.07. The minimum absolute atomic E-state index is 0.0913. The van der Waals surface area contributed by atoms with Crippen LogP contribution < -0.4 is 10.1 Å². The number of hydrogen-bond donors (Lipinski definition) is 1. The number of ether oxygens (including phenoxy) is 1. The summed E-state index contributed by atoms with van der Waals surface area (Å²) in [5.74, 6) is 0.672. The van der Waals surface area contributed by atoms with E-state index >= 15 is 0 Å². The lowest BCUT2D eigenvalue weighted by atomic mass is 10.1. The fraction of sp³-hybridized carbons (Fsp3) is 0.294. The summed E-state index contributed by atoms with van der Waals surface area (Å²) in [5.41, 5.74) is 1.04. The first-order valence-corrected chi connectivity index (χ1v) is 7.44. The van der Waals surface area contributed by atoms with Crippen LogP contribution in [0, 0.1) is 5.82 Å². The molecule has 2 rings (SSSR count). The summed E-state index contributed by atoms with van der Waals surface area (Å²) in [4.78, 5) is 0. The van der Waals surface area contributed by atoms with Crippen LogP contribution in [0.1, 0.15) is 31.9 Å². The van der Waals surface area contributed by atoms with Gasteiger partial charge in [0.25, 0.3) is 0 Å². The van der Waals surface area contributed by atoms with Crippen LogP contribution in [0.4, 0.5) is 4.39 Å². The van der Waals surface area contributed by atoms with Crippen LogP contribution in [0.5, 0.6) is 11.5 Å². The zero-order valence-corrected chi connectivity index (χ0v) is 13.0. The Bertz CT molecular complexity index is 603. The molecule has 0 heterocycles. The van der Waals surface area contributed by atoms with E-state index in [-0.39, 0.29) is 11.1 Å². The van der Waals surface area contributed by atoms with E-state index in [1.54, 1.807) is 6.07 Å². The molecule has 0 aliphatic carbocycles. The maximum atomic E-state index is 13.5. The average molecular weight is 308 g/mol. The molecule has 0 aliphatic rings. The van der Waals surface area contributed by atoms with Gasteiger partial charge in [-0.15, -0.1) is 0 Å².